The second-order valence-electron chi connectivity index (χ2n) is 19.6. The lowest BCUT2D eigenvalue weighted by molar-refractivity contribution is -0.141. The quantitative estimate of drug-likeness (QED) is 0.0843. The van der Waals surface area contributed by atoms with E-state index in [4.69, 9.17) is 19.4 Å². The summed E-state index contributed by atoms with van der Waals surface area (Å²) in [4.78, 5) is 72.8. The van der Waals surface area contributed by atoms with E-state index in [2.05, 4.69) is 70.8 Å². The number of aromatic amines is 2. The first-order valence-electron chi connectivity index (χ1n) is 23.7. The predicted octanol–water partition coefficient (Wildman–Crippen LogP) is 8.53. The molecule has 4 amide bonds. The highest BCUT2D eigenvalue weighted by molar-refractivity contribution is 5.87. The van der Waals surface area contributed by atoms with Crippen molar-refractivity contribution >= 4 is 24.0 Å². The molecule has 4 aliphatic heterocycles. The maximum absolute atomic E-state index is 14.3. The van der Waals surface area contributed by atoms with Gasteiger partial charge in [-0.25, -0.2) is 19.6 Å². The zero-order valence-corrected chi connectivity index (χ0v) is 39.3. The van der Waals surface area contributed by atoms with Crippen LogP contribution in [0.4, 0.5) is 9.59 Å². The number of carbonyl (C=O) groups excluding carboxylic acids is 2. The topological polar surface area (TPSA) is 215 Å². The third-order valence-corrected chi connectivity index (χ3v) is 14.8. The van der Waals surface area contributed by atoms with Crippen LogP contribution in [0.1, 0.15) is 128 Å². The number of hydrogen-bond acceptors (Lipinski definition) is 8. The Morgan fingerprint density at radius 2 is 0.985 bits per heavy atom. The van der Waals surface area contributed by atoms with Gasteiger partial charge in [-0.3, -0.25) is 9.59 Å². The van der Waals surface area contributed by atoms with Crippen LogP contribution in [0.2, 0.25) is 0 Å². The van der Waals surface area contributed by atoms with Crippen molar-refractivity contribution in [3.8, 4) is 33.6 Å². The molecule has 0 spiro atoms. The normalized spacial score (nSPS) is 28.8. The first-order chi connectivity index (χ1) is 31.5. The zero-order chi connectivity index (χ0) is 47.1. The highest BCUT2D eigenvalue weighted by atomic mass is 16.5. The molecule has 6 N–H and O–H groups in total. The van der Waals surface area contributed by atoms with E-state index >= 15 is 0 Å². The Bertz CT molecular complexity index is 2400. The molecule has 0 radical (unpaired) electrons. The molecule has 16 heteroatoms. The van der Waals surface area contributed by atoms with Crippen molar-refractivity contribution in [2.75, 3.05) is 0 Å². The summed E-state index contributed by atoms with van der Waals surface area (Å²) in [7, 11) is 0. The number of hydrogen-bond donors (Lipinski definition) is 6. The SMILES string of the molecule is Cc1c(-c2ccc(-c3cnc([C@@H]4CC[C@H](C)N4C(=O)[C@@H](NC(=O)O)C4C[C@@H](C)O[C@H](C)C4)[nH]3)cc2)ccc(-c2cnc([C@@H]3CC[C@H](C)N3C(=O)[C@@H](NC(=O)O)C3C[C@@H](C)O[C@H](C)C3)[nH]2)c1C. The van der Waals surface area contributed by atoms with Crippen LogP contribution < -0.4 is 10.6 Å². The van der Waals surface area contributed by atoms with Crippen LogP contribution in [0.25, 0.3) is 33.6 Å². The number of aromatic nitrogens is 4. The molecule has 0 aliphatic carbocycles. The highest BCUT2D eigenvalue weighted by Gasteiger charge is 2.46. The number of rotatable bonds is 11. The molecule has 16 nitrogen and oxygen atoms in total. The Balaban J connectivity index is 0.969. The summed E-state index contributed by atoms with van der Waals surface area (Å²) in [6.07, 6.45) is 6.31. The van der Waals surface area contributed by atoms with Gasteiger partial charge < -0.3 is 50.1 Å². The average Bonchev–Trinajstić information content (AvgIpc) is 4.09. The van der Waals surface area contributed by atoms with E-state index in [1.54, 1.807) is 6.20 Å². The standard InChI is InChI=1S/C50H66N8O8/c1-25-9-17-41(57(25)47(59)43(55-49(61)62)35-19-27(3)65-28(4)20-35)45-51-23-39(53-45)34-13-11-33(12-14-34)37-15-16-38(32(8)31(37)7)40-24-52-46(54-40)42-18-10-26(2)58(42)48(60)44(56-50(63)64)36-21-29(5)66-30(6)22-36/h11-16,23-30,35-36,41-44,55-56H,9-10,17-22H2,1-8H3,(H,51,53)(H,52,54)(H,61,62)(H,63,64)/t25-,26-,27+,28+,29+,30+,41-,42-,43-,44-/m0/s1. The molecule has 4 aromatic rings. The minimum absolute atomic E-state index is 0.0691. The lowest BCUT2D eigenvalue weighted by Crippen LogP contribution is -2.55. The highest BCUT2D eigenvalue weighted by Crippen LogP contribution is 2.41. The number of carbonyl (C=O) groups is 4. The third kappa shape index (κ3) is 9.57. The van der Waals surface area contributed by atoms with Crippen molar-refractivity contribution in [1.82, 2.24) is 40.4 Å². The Hall–Kier alpha value is -5.74. The first kappa shape index (κ1) is 46.8. The number of benzene rings is 2. The van der Waals surface area contributed by atoms with Gasteiger partial charge in [-0.2, -0.15) is 0 Å². The van der Waals surface area contributed by atoms with Crippen LogP contribution >= 0.6 is 0 Å². The second kappa shape index (κ2) is 19.2. The van der Waals surface area contributed by atoms with Crippen molar-refractivity contribution in [2.24, 2.45) is 11.8 Å². The number of likely N-dealkylation sites (tertiary alicyclic amines) is 2. The van der Waals surface area contributed by atoms with Crippen LogP contribution in [0.3, 0.4) is 0 Å². The van der Waals surface area contributed by atoms with Gasteiger partial charge in [0, 0.05) is 17.6 Å². The molecule has 6 heterocycles. The lowest BCUT2D eigenvalue weighted by atomic mass is 9.85. The monoisotopic (exact) mass is 907 g/mol. The van der Waals surface area contributed by atoms with E-state index in [0.29, 0.717) is 50.2 Å². The van der Waals surface area contributed by atoms with Crippen LogP contribution in [-0.2, 0) is 19.1 Å². The molecule has 0 unspecified atom stereocenters. The second-order valence-corrected chi connectivity index (χ2v) is 19.6. The number of nitrogens with one attached hydrogen (secondary N) is 4. The van der Waals surface area contributed by atoms with E-state index in [-0.39, 0.29) is 72.2 Å². The molecular weight excluding hydrogens is 841 g/mol. The number of amides is 4. The Labute approximate surface area is 386 Å². The van der Waals surface area contributed by atoms with Gasteiger partial charge in [-0.1, -0.05) is 36.4 Å². The molecule has 66 heavy (non-hydrogen) atoms. The Morgan fingerprint density at radius 3 is 1.44 bits per heavy atom. The Kier molecular flexibility index (Phi) is 13.6. The molecule has 2 aromatic heterocycles. The van der Waals surface area contributed by atoms with Crippen molar-refractivity contribution in [3.05, 3.63) is 71.6 Å². The van der Waals surface area contributed by atoms with Gasteiger partial charge in [0.05, 0.1) is 60.3 Å². The molecule has 10 atom stereocenters. The molecule has 0 bridgehead atoms. The summed E-state index contributed by atoms with van der Waals surface area (Å²) in [6, 6.07) is 10.0. The average molecular weight is 907 g/mol. The molecule has 0 saturated carbocycles. The number of H-pyrrole nitrogens is 2. The lowest BCUT2D eigenvalue weighted by Gasteiger charge is -2.39. The van der Waals surface area contributed by atoms with Gasteiger partial charge in [-0.15, -0.1) is 0 Å². The minimum atomic E-state index is -1.21. The first-order valence-corrected chi connectivity index (χ1v) is 23.7. The third-order valence-electron chi connectivity index (χ3n) is 14.8. The summed E-state index contributed by atoms with van der Waals surface area (Å²) in [5.74, 6) is 0.576. The van der Waals surface area contributed by atoms with Crippen LogP contribution in [0.5, 0.6) is 0 Å². The van der Waals surface area contributed by atoms with Crippen molar-refractivity contribution in [3.63, 3.8) is 0 Å². The molecule has 4 aliphatic rings. The van der Waals surface area contributed by atoms with Crippen LogP contribution in [0.15, 0.2) is 48.8 Å². The predicted molar refractivity (Wildman–Crippen MR) is 248 cm³/mol. The largest absolute Gasteiger partial charge is 0.465 e. The Morgan fingerprint density at radius 1 is 0.591 bits per heavy atom. The molecule has 4 saturated heterocycles. The molecule has 354 valence electrons. The van der Waals surface area contributed by atoms with Crippen LogP contribution in [0, 0.1) is 25.7 Å². The summed E-state index contributed by atoms with van der Waals surface area (Å²) >= 11 is 0. The summed E-state index contributed by atoms with van der Waals surface area (Å²) in [6.45, 7) is 16.1. The summed E-state index contributed by atoms with van der Waals surface area (Å²) in [5, 5.41) is 24.7. The maximum Gasteiger partial charge on any atom is 0.405 e. The number of carboxylic acid groups (broad SMARTS) is 2. The molecular formula is C50H66N8O8. The molecule has 4 fully saturated rings. The van der Waals surface area contributed by atoms with Crippen molar-refractivity contribution in [1.29, 1.82) is 0 Å². The molecule has 8 rings (SSSR count). The van der Waals surface area contributed by atoms with E-state index in [0.717, 1.165) is 57.6 Å². The van der Waals surface area contributed by atoms with Gasteiger partial charge in [0.15, 0.2) is 0 Å². The fourth-order valence-corrected chi connectivity index (χ4v) is 11.6. The van der Waals surface area contributed by atoms with Crippen molar-refractivity contribution < 1.29 is 38.9 Å². The van der Waals surface area contributed by atoms with E-state index < -0.39 is 24.3 Å². The van der Waals surface area contributed by atoms with Crippen LogP contribution in [-0.4, -0.2) is 113 Å². The van der Waals surface area contributed by atoms with Crippen molar-refractivity contribution in [2.45, 2.75) is 167 Å². The van der Waals surface area contributed by atoms with E-state index in [1.807, 2.05) is 57.5 Å². The smallest absolute Gasteiger partial charge is 0.405 e. The van der Waals surface area contributed by atoms with Gasteiger partial charge in [0.1, 0.15) is 23.7 Å². The summed E-state index contributed by atoms with van der Waals surface area (Å²) in [5.41, 5.74) is 7.99. The zero-order valence-electron chi connectivity index (χ0n) is 39.3. The molecule has 2 aromatic carbocycles. The minimum Gasteiger partial charge on any atom is -0.465 e. The fraction of sp³-hybridized carbons (Fsp3) is 0.560. The number of ether oxygens (including phenoxy) is 2. The van der Waals surface area contributed by atoms with Gasteiger partial charge >= 0.3 is 12.2 Å². The maximum atomic E-state index is 14.3. The van der Waals surface area contributed by atoms with Gasteiger partial charge in [-0.05, 0) is 146 Å². The fourth-order valence-electron chi connectivity index (χ4n) is 11.6. The van der Waals surface area contributed by atoms with E-state index in [1.165, 1.54) is 0 Å². The van der Waals surface area contributed by atoms with Gasteiger partial charge in [0.25, 0.3) is 0 Å². The van der Waals surface area contributed by atoms with E-state index in [9.17, 15) is 29.4 Å². The number of nitrogens with zero attached hydrogens (tertiary/aromatic N) is 4. The van der Waals surface area contributed by atoms with Gasteiger partial charge in [0.2, 0.25) is 11.8 Å². The summed E-state index contributed by atoms with van der Waals surface area (Å²) < 4.78 is 11.8. The number of imidazole rings is 2.